The molecule has 3 N–H and O–H groups in total. The third-order valence-corrected chi connectivity index (χ3v) is 9.98. The van der Waals surface area contributed by atoms with Crippen LogP contribution in [0.5, 0.6) is 0 Å². The summed E-state index contributed by atoms with van der Waals surface area (Å²) < 4.78 is 3.87. The van der Waals surface area contributed by atoms with Gasteiger partial charge in [0, 0.05) is 54.6 Å². The van der Waals surface area contributed by atoms with Crippen LogP contribution in [0.15, 0.2) is 91.5 Å². The second-order valence-corrected chi connectivity index (χ2v) is 12.6. The highest BCUT2D eigenvalue weighted by Gasteiger charge is 2.51. The Bertz CT molecular complexity index is 2010. The normalized spacial score (nSPS) is 22.3. The van der Waals surface area contributed by atoms with Crippen molar-refractivity contribution in [2.24, 2.45) is 0 Å². The van der Waals surface area contributed by atoms with E-state index in [0.29, 0.717) is 17.9 Å². The predicted octanol–water partition coefficient (Wildman–Crippen LogP) is 5.42. The SMILES string of the molecule is Nc1ncccc1-c1nc2ccc(-n3cccn3)nc2n1-c1ccc2c(c1)CC[C@@H]2NC1CC2(CCCN2c2ccccn2)C1. The topological polar surface area (TPSA) is 116 Å². The van der Waals surface area contributed by atoms with E-state index in [9.17, 15) is 0 Å². The molecule has 2 fully saturated rings. The molecule has 9 rings (SSSR count). The molecule has 1 atom stereocenters. The second kappa shape index (κ2) is 10.2. The fourth-order valence-electron chi connectivity index (χ4n) is 7.92. The Hall–Kier alpha value is -5.09. The maximum absolute atomic E-state index is 6.37. The summed E-state index contributed by atoms with van der Waals surface area (Å²) in [5.41, 5.74) is 12.7. The number of hydrogen-bond acceptors (Lipinski definition) is 8. The highest BCUT2D eigenvalue weighted by molar-refractivity contribution is 5.83. The molecule has 1 aromatic carbocycles. The molecule has 1 saturated heterocycles. The van der Waals surface area contributed by atoms with E-state index in [-0.39, 0.29) is 5.54 Å². The Morgan fingerprint density at radius 2 is 1.82 bits per heavy atom. The van der Waals surface area contributed by atoms with Gasteiger partial charge in [-0.1, -0.05) is 12.1 Å². The Morgan fingerprint density at radius 3 is 2.67 bits per heavy atom. The maximum Gasteiger partial charge on any atom is 0.167 e. The van der Waals surface area contributed by atoms with Crippen molar-refractivity contribution in [1.82, 2.24) is 39.6 Å². The lowest BCUT2D eigenvalue weighted by Gasteiger charge is -2.52. The van der Waals surface area contributed by atoms with Gasteiger partial charge < -0.3 is 16.0 Å². The van der Waals surface area contributed by atoms with E-state index in [0.717, 1.165) is 59.3 Å². The molecule has 45 heavy (non-hydrogen) atoms. The molecule has 1 saturated carbocycles. The van der Waals surface area contributed by atoms with Crippen LogP contribution in [0.4, 0.5) is 11.6 Å². The van der Waals surface area contributed by atoms with Gasteiger partial charge in [0.25, 0.3) is 0 Å². The number of nitrogens with one attached hydrogen (secondary N) is 1. The number of hydrogen-bond donors (Lipinski definition) is 2. The number of rotatable bonds is 6. The van der Waals surface area contributed by atoms with Gasteiger partial charge in [-0.25, -0.2) is 24.6 Å². The van der Waals surface area contributed by atoms with Gasteiger partial charge in [0.1, 0.15) is 17.2 Å². The summed E-state index contributed by atoms with van der Waals surface area (Å²) in [6, 6.07) is 23.6. The molecular formula is C35H34N10. The number of imidazole rings is 1. The van der Waals surface area contributed by atoms with Crippen molar-refractivity contribution < 1.29 is 0 Å². The zero-order valence-corrected chi connectivity index (χ0v) is 24.9. The summed E-state index contributed by atoms with van der Waals surface area (Å²) in [4.78, 5) is 21.6. The smallest absolute Gasteiger partial charge is 0.167 e. The van der Waals surface area contributed by atoms with Gasteiger partial charge in [0.05, 0.1) is 5.56 Å². The molecule has 224 valence electrons. The molecule has 1 spiro atoms. The second-order valence-electron chi connectivity index (χ2n) is 12.6. The first kappa shape index (κ1) is 26.3. The summed E-state index contributed by atoms with van der Waals surface area (Å²) in [7, 11) is 0. The molecule has 6 aromatic rings. The molecule has 3 aliphatic rings. The molecule has 0 amide bonds. The van der Waals surface area contributed by atoms with Crippen LogP contribution >= 0.6 is 0 Å². The van der Waals surface area contributed by atoms with Crippen molar-refractivity contribution in [3.8, 4) is 22.9 Å². The fourth-order valence-corrected chi connectivity index (χ4v) is 7.92. The van der Waals surface area contributed by atoms with Gasteiger partial charge in [-0.3, -0.25) is 4.57 Å². The Balaban J connectivity index is 1.02. The summed E-state index contributed by atoms with van der Waals surface area (Å²) in [5.74, 6) is 3.01. The minimum atomic E-state index is 0.256. The minimum Gasteiger partial charge on any atom is -0.383 e. The standard InChI is InChI=1S/C35H34N10/c36-32-27(6-3-16-38-32)33-41-29-12-13-31(44-19-5-17-39-44)42-34(29)45(33)25-9-10-26-23(20-25)8-11-28(26)40-24-21-35(22-24)14-4-18-43(35)30-7-1-2-15-37-30/h1-3,5-7,9-10,12-13,15-17,19-20,24,28,40H,4,8,11,14,18,21-22H2,(H2,36,38)/t24?,28-,35?/m0/s1. The summed E-state index contributed by atoms with van der Waals surface area (Å²) in [5, 5.41) is 8.42. The van der Waals surface area contributed by atoms with Crippen LogP contribution in [-0.2, 0) is 6.42 Å². The molecule has 0 radical (unpaired) electrons. The summed E-state index contributed by atoms with van der Waals surface area (Å²) in [6.45, 7) is 1.10. The van der Waals surface area contributed by atoms with E-state index < -0.39 is 0 Å². The molecule has 10 heteroatoms. The lowest BCUT2D eigenvalue weighted by atomic mass is 9.70. The number of nitrogens with zero attached hydrogens (tertiary/aromatic N) is 8. The van der Waals surface area contributed by atoms with Gasteiger partial charge >= 0.3 is 0 Å². The van der Waals surface area contributed by atoms with Crippen molar-refractivity contribution >= 4 is 22.8 Å². The van der Waals surface area contributed by atoms with Crippen molar-refractivity contribution in [3.63, 3.8) is 0 Å². The van der Waals surface area contributed by atoms with E-state index in [2.05, 4.69) is 60.2 Å². The number of benzene rings is 1. The zero-order valence-electron chi connectivity index (χ0n) is 24.9. The van der Waals surface area contributed by atoms with Gasteiger partial charge in [-0.15, -0.1) is 0 Å². The lowest BCUT2D eigenvalue weighted by Crippen LogP contribution is -2.60. The molecule has 2 aliphatic carbocycles. The maximum atomic E-state index is 6.37. The highest BCUT2D eigenvalue weighted by atomic mass is 15.3. The van der Waals surface area contributed by atoms with E-state index in [1.807, 2.05) is 48.8 Å². The van der Waals surface area contributed by atoms with Gasteiger partial charge in [-0.05, 0) is 104 Å². The van der Waals surface area contributed by atoms with E-state index in [4.69, 9.17) is 15.7 Å². The van der Waals surface area contributed by atoms with E-state index >= 15 is 0 Å². The number of fused-ring (bicyclic) bond motifs is 2. The third-order valence-electron chi connectivity index (χ3n) is 9.98. The van der Waals surface area contributed by atoms with Crippen LogP contribution in [0.3, 0.4) is 0 Å². The average Bonchev–Trinajstić information content (AvgIpc) is 3.87. The zero-order chi connectivity index (χ0) is 30.0. The summed E-state index contributed by atoms with van der Waals surface area (Å²) >= 11 is 0. The number of aryl methyl sites for hydroxylation is 1. The van der Waals surface area contributed by atoms with Crippen molar-refractivity contribution in [1.29, 1.82) is 0 Å². The average molecular weight is 595 g/mol. The van der Waals surface area contributed by atoms with E-state index in [1.54, 1.807) is 17.1 Å². The van der Waals surface area contributed by atoms with Gasteiger partial charge in [0.15, 0.2) is 17.3 Å². The van der Waals surface area contributed by atoms with Crippen molar-refractivity contribution in [3.05, 3.63) is 103 Å². The molecule has 1 aliphatic heterocycles. The van der Waals surface area contributed by atoms with E-state index in [1.165, 1.54) is 36.8 Å². The third kappa shape index (κ3) is 4.31. The number of nitrogen functional groups attached to an aromatic ring is 1. The first-order valence-electron chi connectivity index (χ1n) is 15.8. The Labute approximate surface area is 261 Å². The van der Waals surface area contributed by atoms with Crippen LogP contribution in [0.1, 0.15) is 49.3 Å². The molecule has 6 heterocycles. The van der Waals surface area contributed by atoms with Gasteiger partial charge in [0.2, 0.25) is 0 Å². The lowest BCUT2D eigenvalue weighted by molar-refractivity contribution is 0.165. The number of aromatic nitrogens is 7. The fraction of sp³-hybridized carbons (Fsp3) is 0.286. The number of anilines is 2. The van der Waals surface area contributed by atoms with Crippen LogP contribution < -0.4 is 16.0 Å². The summed E-state index contributed by atoms with van der Waals surface area (Å²) in [6.07, 6.45) is 14.2. The molecular weight excluding hydrogens is 560 g/mol. The first-order valence-corrected chi connectivity index (χ1v) is 15.8. The van der Waals surface area contributed by atoms with Crippen molar-refractivity contribution in [2.45, 2.75) is 56.1 Å². The number of nitrogens with two attached hydrogens (primary N) is 1. The molecule has 0 bridgehead atoms. The molecule has 0 unspecified atom stereocenters. The largest absolute Gasteiger partial charge is 0.383 e. The van der Waals surface area contributed by atoms with Gasteiger partial charge in [-0.2, -0.15) is 5.10 Å². The van der Waals surface area contributed by atoms with Crippen molar-refractivity contribution in [2.75, 3.05) is 17.2 Å². The monoisotopic (exact) mass is 594 g/mol. The minimum absolute atomic E-state index is 0.256. The number of pyridine rings is 3. The van der Waals surface area contributed by atoms with Crippen LogP contribution in [0.25, 0.3) is 34.1 Å². The predicted molar refractivity (Wildman–Crippen MR) is 174 cm³/mol. The Morgan fingerprint density at radius 1 is 0.889 bits per heavy atom. The molecule has 5 aromatic heterocycles. The van der Waals surface area contributed by atoms with Crippen LogP contribution in [-0.4, -0.2) is 52.4 Å². The first-order chi connectivity index (χ1) is 22.1. The molecule has 10 nitrogen and oxygen atoms in total. The van der Waals surface area contributed by atoms with Crippen LogP contribution in [0.2, 0.25) is 0 Å². The Kier molecular flexibility index (Phi) is 5.99. The highest BCUT2D eigenvalue weighted by Crippen LogP contribution is 2.48. The quantitative estimate of drug-likeness (QED) is 0.263. The van der Waals surface area contributed by atoms with Crippen LogP contribution in [0, 0.1) is 0 Å².